The number of para-hydroxylation sites is 2. The fourth-order valence-electron chi connectivity index (χ4n) is 8.55. The predicted octanol–water partition coefficient (Wildman–Crippen LogP) is 14.8. The number of nitrogens with zero attached hydrogens (tertiary/aromatic N) is 2. The molecule has 2 heteroatoms. The Balaban J connectivity index is 1.09. The summed E-state index contributed by atoms with van der Waals surface area (Å²) in [5.41, 5.74) is 16.6. The summed E-state index contributed by atoms with van der Waals surface area (Å²) in [5, 5.41) is 7.63. The van der Waals surface area contributed by atoms with Gasteiger partial charge in [-0.3, -0.25) is 0 Å². The summed E-state index contributed by atoms with van der Waals surface area (Å²) in [4.78, 5) is 2.46. The van der Waals surface area contributed by atoms with E-state index in [0.29, 0.717) is 11.8 Å². The van der Waals surface area contributed by atoms with Crippen molar-refractivity contribution < 1.29 is 0 Å². The van der Waals surface area contributed by atoms with Gasteiger partial charge in [-0.25, -0.2) is 0 Å². The van der Waals surface area contributed by atoms with E-state index in [-0.39, 0.29) is 0 Å². The Bertz CT molecular complexity index is 2870. The van der Waals surface area contributed by atoms with Gasteiger partial charge in [-0.1, -0.05) is 100 Å². The van der Waals surface area contributed by atoms with E-state index in [1.807, 2.05) is 0 Å². The lowest BCUT2D eigenvalue weighted by atomic mass is 9.78. The molecule has 0 unspecified atom stereocenters. The zero-order valence-electron chi connectivity index (χ0n) is 31.0. The second-order valence-corrected chi connectivity index (χ2v) is 15.5. The molecule has 1 heterocycles. The van der Waals surface area contributed by atoms with Crippen LogP contribution in [0.25, 0.3) is 71.3 Å². The normalized spacial score (nSPS) is 12.2. The smallest absolute Gasteiger partial charge is 0.0541 e. The molecule has 0 fully saturated rings. The Morgan fingerprint density at radius 2 is 0.981 bits per heavy atom. The lowest BCUT2D eigenvalue weighted by Crippen LogP contribution is -2.12. The monoisotopic (exact) mass is 682 g/mol. The van der Waals surface area contributed by atoms with Gasteiger partial charge in [0.15, 0.2) is 0 Å². The minimum Gasteiger partial charge on any atom is -0.310 e. The fraction of sp³-hybridized carbons (Fsp3) is 0.137. The number of hydrogen-bond donors (Lipinski definition) is 0. The van der Waals surface area contributed by atoms with Crippen molar-refractivity contribution in [2.75, 3.05) is 4.90 Å². The molecular weight excluding hydrogens is 641 g/mol. The highest BCUT2D eigenvalue weighted by Gasteiger charge is 2.25. The SMILES string of the molecule is Cc1ccc(C(C)C)cc1N(c1cccc(C(C)C)c1)c1ccc2cc3c(cc2c1)-c1cc2cc(-n4c5ccccc5c5ccccc54)ccc2cc1-3. The van der Waals surface area contributed by atoms with Crippen LogP contribution in [0.4, 0.5) is 17.1 Å². The van der Waals surface area contributed by atoms with Crippen LogP contribution in [0.15, 0.2) is 152 Å². The molecular formula is C51H42N2. The molecule has 0 N–H and O–H groups in total. The summed E-state index contributed by atoms with van der Waals surface area (Å²) < 4.78 is 2.41. The van der Waals surface area contributed by atoms with Crippen molar-refractivity contribution in [3.05, 3.63) is 168 Å². The van der Waals surface area contributed by atoms with E-state index in [1.54, 1.807) is 0 Å². The van der Waals surface area contributed by atoms with Crippen molar-refractivity contribution in [1.82, 2.24) is 4.57 Å². The summed E-state index contributed by atoms with van der Waals surface area (Å²) in [5.74, 6) is 0.896. The third-order valence-electron chi connectivity index (χ3n) is 11.5. The molecule has 0 saturated heterocycles. The Labute approximate surface area is 311 Å². The first-order chi connectivity index (χ1) is 25.8. The Morgan fingerprint density at radius 3 is 1.62 bits per heavy atom. The first kappa shape index (κ1) is 31.6. The van der Waals surface area contributed by atoms with E-state index in [1.165, 1.54) is 105 Å². The van der Waals surface area contributed by atoms with Crippen molar-refractivity contribution in [1.29, 1.82) is 0 Å². The highest BCUT2D eigenvalue weighted by molar-refractivity contribution is 6.13. The Kier molecular flexibility index (Phi) is 7.14. The molecule has 1 aromatic heterocycles. The van der Waals surface area contributed by atoms with E-state index < -0.39 is 0 Å². The van der Waals surface area contributed by atoms with Crippen molar-refractivity contribution in [3.8, 4) is 27.9 Å². The quantitative estimate of drug-likeness (QED) is 0.169. The Morgan fingerprint density at radius 1 is 0.434 bits per heavy atom. The van der Waals surface area contributed by atoms with Gasteiger partial charge in [0, 0.05) is 33.5 Å². The molecule has 9 aromatic rings. The molecule has 10 rings (SSSR count). The van der Waals surface area contributed by atoms with E-state index >= 15 is 0 Å². The van der Waals surface area contributed by atoms with Gasteiger partial charge in [0.05, 0.1) is 11.0 Å². The van der Waals surface area contributed by atoms with Gasteiger partial charge >= 0.3 is 0 Å². The number of rotatable bonds is 6. The zero-order valence-corrected chi connectivity index (χ0v) is 31.0. The van der Waals surface area contributed by atoms with E-state index in [9.17, 15) is 0 Å². The van der Waals surface area contributed by atoms with Crippen LogP contribution in [0.2, 0.25) is 0 Å². The number of hydrogen-bond acceptors (Lipinski definition) is 1. The average molecular weight is 683 g/mol. The number of fused-ring (bicyclic) bond motifs is 9. The van der Waals surface area contributed by atoms with Gasteiger partial charge in [0.2, 0.25) is 0 Å². The highest BCUT2D eigenvalue weighted by atomic mass is 15.1. The molecule has 8 aromatic carbocycles. The summed E-state index contributed by atoms with van der Waals surface area (Å²) in [6.45, 7) is 11.3. The van der Waals surface area contributed by atoms with Crippen LogP contribution >= 0.6 is 0 Å². The number of aromatic nitrogens is 1. The lowest BCUT2D eigenvalue weighted by Gasteiger charge is -2.30. The summed E-state index contributed by atoms with van der Waals surface area (Å²) >= 11 is 0. The molecule has 0 bridgehead atoms. The molecule has 2 nitrogen and oxygen atoms in total. The number of benzene rings is 8. The lowest BCUT2D eigenvalue weighted by molar-refractivity contribution is 0.864. The maximum absolute atomic E-state index is 2.46. The largest absolute Gasteiger partial charge is 0.310 e. The minimum atomic E-state index is 0.447. The van der Waals surface area contributed by atoms with Crippen molar-refractivity contribution in [2.45, 2.75) is 46.5 Å². The first-order valence-electron chi connectivity index (χ1n) is 19.0. The number of aryl methyl sites for hydroxylation is 1. The van der Waals surface area contributed by atoms with E-state index in [2.05, 4.69) is 196 Å². The van der Waals surface area contributed by atoms with Crippen LogP contribution in [0.3, 0.4) is 0 Å². The topological polar surface area (TPSA) is 8.17 Å². The second kappa shape index (κ2) is 12.0. The molecule has 53 heavy (non-hydrogen) atoms. The maximum atomic E-state index is 2.46. The second-order valence-electron chi connectivity index (χ2n) is 15.5. The van der Waals surface area contributed by atoms with E-state index in [4.69, 9.17) is 0 Å². The van der Waals surface area contributed by atoms with Crippen LogP contribution < -0.4 is 4.90 Å². The maximum Gasteiger partial charge on any atom is 0.0541 e. The van der Waals surface area contributed by atoms with Crippen LogP contribution in [0, 0.1) is 6.92 Å². The van der Waals surface area contributed by atoms with Gasteiger partial charge in [-0.15, -0.1) is 0 Å². The summed E-state index contributed by atoms with van der Waals surface area (Å²) in [6, 6.07) is 57.0. The first-order valence-corrected chi connectivity index (χ1v) is 19.0. The third-order valence-corrected chi connectivity index (χ3v) is 11.5. The molecule has 0 amide bonds. The van der Waals surface area contributed by atoms with E-state index in [0.717, 1.165) is 0 Å². The molecule has 0 radical (unpaired) electrons. The summed E-state index contributed by atoms with van der Waals surface area (Å²) in [6.07, 6.45) is 0. The summed E-state index contributed by atoms with van der Waals surface area (Å²) in [7, 11) is 0. The minimum absolute atomic E-state index is 0.447. The standard InChI is InChI=1S/C51H42N2/c1-31(2)34-11-10-12-40(23-34)52(51-30-35(32(3)4)18-17-33(51)5)41-21-19-36-26-45-46-27-37-20-22-42(25-39(37)29-48(46)47(45)28-38(36)24-41)53-49-15-8-6-13-43(49)44-14-7-9-16-50(44)53/h6-32H,1-5H3. The molecule has 1 aliphatic rings. The van der Waals surface area contributed by atoms with Crippen LogP contribution in [-0.4, -0.2) is 4.57 Å². The highest BCUT2D eigenvalue weighted by Crippen LogP contribution is 2.51. The molecule has 1 aliphatic carbocycles. The van der Waals surface area contributed by atoms with Crippen LogP contribution in [0.1, 0.15) is 56.2 Å². The van der Waals surface area contributed by atoms with Gasteiger partial charge in [-0.2, -0.15) is 0 Å². The fourth-order valence-corrected chi connectivity index (χ4v) is 8.55. The van der Waals surface area contributed by atoms with Crippen LogP contribution in [-0.2, 0) is 0 Å². The average Bonchev–Trinajstić information content (AvgIpc) is 3.51. The van der Waals surface area contributed by atoms with Crippen LogP contribution in [0.5, 0.6) is 0 Å². The molecule has 0 atom stereocenters. The molecule has 0 aliphatic heterocycles. The molecule has 0 spiro atoms. The van der Waals surface area contributed by atoms with Gasteiger partial charge < -0.3 is 9.47 Å². The van der Waals surface area contributed by atoms with Gasteiger partial charge in [0.1, 0.15) is 0 Å². The van der Waals surface area contributed by atoms with Crippen molar-refractivity contribution in [2.24, 2.45) is 0 Å². The molecule has 256 valence electrons. The Hall–Kier alpha value is -6.12. The van der Waals surface area contributed by atoms with Crippen molar-refractivity contribution >= 4 is 60.4 Å². The molecule has 0 saturated carbocycles. The number of anilines is 3. The van der Waals surface area contributed by atoms with Gasteiger partial charge in [0.25, 0.3) is 0 Å². The zero-order chi connectivity index (χ0) is 36.0. The third kappa shape index (κ3) is 5.00. The predicted molar refractivity (Wildman–Crippen MR) is 228 cm³/mol. The van der Waals surface area contributed by atoms with Gasteiger partial charge in [-0.05, 0) is 158 Å². The van der Waals surface area contributed by atoms with Crippen molar-refractivity contribution in [3.63, 3.8) is 0 Å².